The third-order valence-electron chi connectivity index (χ3n) is 1.81. The molecular weight excluding hydrogens is 192 g/mol. The number of nitrogens with zero attached hydrogens (tertiary/aromatic N) is 3. The maximum atomic E-state index is 9.45. The van der Waals surface area contributed by atoms with Crippen LogP contribution in [0.15, 0.2) is 29.4 Å². The Labute approximate surface area is 87.5 Å². The van der Waals surface area contributed by atoms with E-state index in [2.05, 4.69) is 10.0 Å². The lowest BCUT2D eigenvalue weighted by atomic mass is 10.1. The van der Waals surface area contributed by atoms with Gasteiger partial charge in [-0.1, -0.05) is 17.3 Å². The molecule has 1 aromatic carbocycles. The van der Waals surface area contributed by atoms with E-state index in [1.165, 1.54) is 0 Å². The van der Waals surface area contributed by atoms with Crippen molar-refractivity contribution < 1.29 is 5.11 Å². The average Bonchev–Trinajstić information content (AvgIpc) is 2.23. The summed E-state index contributed by atoms with van der Waals surface area (Å²) in [5, 5.41) is 12.8. The van der Waals surface area contributed by atoms with Gasteiger partial charge in [-0.05, 0) is 30.2 Å². The van der Waals surface area contributed by atoms with Crippen LogP contribution in [0.25, 0.3) is 16.5 Å². The Hall–Kier alpha value is -2.13. The van der Waals surface area contributed by atoms with E-state index in [0.717, 1.165) is 0 Å². The van der Waals surface area contributed by atoms with Gasteiger partial charge in [-0.25, -0.2) is 0 Å². The highest BCUT2D eigenvalue weighted by atomic mass is 16.3. The molecule has 78 valence electrons. The fourth-order valence-corrected chi connectivity index (χ4v) is 1.09. The number of azide groups is 1. The van der Waals surface area contributed by atoms with Crippen LogP contribution in [0.5, 0.6) is 5.75 Å². The van der Waals surface area contributed by atoms with E-state index in [1.54, 1.807) is 24.3 Å². The summed E-state index contributed by atoms with van der Waals surface area (Å²) in [7, 11) is 0. The highest BCUT2D eigenvalue weighted by Gasteiger charge is 1.96. The molecule has 5 nitrogen and oxygen atoms in total. The monoisotopic (exact) mass is 204 g/mol. The zero-order valence-corrected chi connectivity index (χ0v) is 8.17. The van der Waals surface area contributed by atoms with Crippen molar-refractivity contribution in [1.82, 2.24) is 0 Å². The summed E-state index contributed by atoms with van der Waals surface area (Å²) in [6.45, 7) is 0.413. The van der Waals surface area contributed by atoms with Crippen LogP contribution in [0.2, 0.25) is 0 Å². The molecule has 0 spiro atoms. The largest absolute Gasteiger partial charge is 0.507 e. The van der Waals surface area contributed by atoms with Crippen LogP contribution in [-0.4, -0.2) is 11.7 Å². The molecule has 0 aliphatic heterocycles. The molecule has 1 aromatic rings. The lowest BCUT2D eigenvalue weighted by Gasteiger charge is -1.99. The molecule has 15 heavy (non-hydrogen) atoms. The van der Waals surface area contributed by atoms with Crippen molar-refractivity contribution in [3.63, 3.8) is 0 Å². The van der Waals surface area contributed by atoms with Gasteiger partial charge in [0.25, 0.3) is 0 Å². The number of phenols is 1. The molecule has 0 fully saturated rings. The van der Waals surface area contributed by atoms with Crippen molar-refractivity contribution in [3.8, 4) is 5.75 Å². The molecule has 0 atom stereocenters. The molecular formula is C10H12N4O. The fraction of sp³-hybridized carbons (Fsp3) is 0.200. The first kappa shape index (κ1) is 10.9. The number of nitrogen functional groups attached to an aromatic ring is 1. The fourth-order valence-electron chi connectivity index (χ4n) is 1.09. The van der Waals surface area contributed by atoms with Crippen molar-refractivity contribution >= 4 is 11.8 Å². The average molecular weight is 204 g/mol. The number of anilines is 1. The van der Waals surface area contributed by atoms with E-state index >= 15 is 0 Å². The third kappa shape index (κ3) is 3.62. The third-order valence-corrected chi connectivity index (χ3v) is 1.81. The number of benzene rings is 1. The summed E-state index contributed by atoms with van der Waals surface area (Å²) in [6.07, 6.45) is 4.21. The Kier molecular flexibility index (Phi) is 4.06. The van der Waals surface area contributed by atoms with Crippen molar-refractivity contribution in [3.05, 3.63) is 40.3 Å². The molecule has 0 unspecified atom stereocenters. The predicted molar refractivity (Wildman–Crippen MR) is 60.2 cm³/mol. The number of phenolic OH excluding ortho intramolecular Hbond substituents is 1. The Morgan fingerprint density at radius 3 is 3.07 bits per heavy atom. The molecule has 0 aromatic heterocycles. The summed E-state index contributed by atoms with van der Waals surface area (Å²) in [5.74, 6) is 0.184. The standard InChI is InChI=1S/C10H12N4O/c11-9-4-5-10(15)8(7-9)3-1-2-6-13-14-12/h1,3-5,7,15H,2,6,11H2. The summed E-state index contributed by atoms with van der Waals surface area (Å²) in [6, 6.07) is 4.86. The van der Waals surface area contributed by atoms with Crippen LogP contribution in [0.1, 0.15) is 12.0 Å². The molecule has 0 aliphatic rings. The lowest BCUT2D eigenvalue weighted by Crippen LogP contribution is -1.85. The molecule has 5 heteroatoms. The minimum atomic E-state index is 0.184. The van der Waals surface area contributed by atoms with Gasteiger partial charge in [-0.15, -0.1) is 0 Å². The number of hydrogen-bond acceptors (Lipinski definition) is 3. The van der Waals surface area contributed by atoms with Gasteiger partial charge >= 0.3 is 0 Å². The summed E-state index contributed by atoms with van der Waals surface area (Å²) < 4.78 is 0. The second-order valence-electron chi connectivity index (χ2n) is 2.96. The SMILES string of the molecule is [N-]=[N+]=NCCC=Cc1cc(N)ccc1O. The van der Waals surface area contributed by atoms with Crippen LogP contribution in [0.4, 0.5) is 5.69 Å². The molecule has 0 aliphatic carbocycles. The van der Waals surface area contributed by atoms with Crippen molar-refractivity contribution in [2.24, 2.45) is 5.11 Å². The Morgan fingerprint density at radius 2 is 2.33 bits per heavy atom. The van der Waals surface area contributed by atoms with Crippen LogP contribution >= 0.6 is 0 Å². The maximum Gasteiger partial charge on any atom is 0.122 e. The van der Waals surface area contributed by atoms with Gasteiger partial charge in [0.15, 0.2) is 0 Å². The van der Waals surface area contributed by atoms with E-state index in [-0.39, 0.29) is 5.75 Å². The van der Waals surface area contributed by atoms with Gasteiger partial charge in [0, 0.05) is 22.7 Å². The zero-order valence-electron chi connectivity index (χ0n) is 8.17. The number of hydrogen-bond donors (Lipinski definition) is 2. The number of nitrogens with two attached hydrogens (primary N) is 1. The number of rotatable bonds is 4. The van der Waals surface area contributed by atoms with E-state index in [9.17, 15) is 5.11 Å². The zero-order chi connectivity index (χ0) is 11.1. The minimum Gasteiger partial charge on any atom is -0.507 e. The predicted octanol–water partition coefficient (Wildman–Crippen LogP) is 2.69. The molecule has 0 radical (unpaired) electrons. The number of aromatic hydroxyl groups is 1. The van der Waals surface area contributed by atoms with Crippen LogP contribution < -0.4 is 5.73 Å². The highest BCUT2D eigenvalue weighted by Crippen LogP contribution is 2.21. The molecule has 0 heterocycles. The molecule has 0 bridgehead atoms. The van der Waals surface area contributed by atoms with Crippen molar-refractivity contribution in [1.29, 1.82) is 0 Å². The smallest absolute Gasteiger partial charge is 0.122 e. The Bertz CT molecular complexity index is 408. The molecule has 0 amide bonds. The second-order valence-corrected chi connectivity index (χ2v) is 2.96. The Morgan fingerprint density at radius 1 is 1.53 bits per heavy atom. The van der Waals surface area contributed by atoms with E-state index < -0.39 is 0 Å². The van der Waals surface area contributed by atoms with Gasteiger partial charge < -0.3 is 10.8 Å². The van der Waals surface area contributed by atoms with Crippen LogP contribution in [0, 0.1) is 0 Å². The first-order valence-electron chi connectivity index (χ1n) is 4.50. The van der Waals surface area contributed by atoms with Gasteiger partial charge in [-0.3, -0.25) is 0 Å². The first-order chi connectivity index (χ1) is 7.24. The lowest BCUT2D eigenvalue weighted by molar-refractivity contribution is 0.474. The first-order valence-corrected chi connectivity index (χ1v) is 4.50. The molecule has 0 saturated carbocycles. The second kappa shape index (κ2) is 5.57. The van der Waals surface area contributed by atoms with Crippen molar-refractivity contribution in [2.45, 2.75) is 6.42 Å². The quantitative estimate of drug-likeness (QED) is 0.197. The van der Waals surface area contributed by atoms with Gasteiger partial charge in [0.2, 0.25) is 0 Å². The van der Waals surface area contributed by atoms with Gasteiger partial charge in [-0.2, -0.15) is 0 Å². The highest BCUT2D eigenvalue weighted by molar-refractivity contribution is 5.61. The summed E-state index contributed by atoms with van der Waals surface area (Å²) >= 11 is 0. The van der Waals surface area contributed by atoms with Gasteiger partial charge in [0.05, 0.1) is 0 Å². The van der Waals surface area contributed by atoms with Crippen LogP contribution in [0.3, 0.4) is 0 Å². The van der Waals surface area contributed by atoms with Gasteiger partial charge in [0.1, 0.15) is 5.75 Å². The van der Waals surface area contributed by atoms with E-state index in [0.29, 0.717) is 24.2 Å². The van der Waals surface area contributed by atoms with Crippen molar-refractivity contribution in [2.75, 3.05) is 12.3 Å². The Balaban J connectivity index is 2.63. The maximum absolute atomic E-state index is 9.45. The molecule has 0 saturated heterocycles. The van der Waals surface area contributed by atoms with E-state index in [1.807, 2.05) is 6.08 Å². The summed E-state index contributed by atoms with van der Waals surface area (Å²) in [5.41, 5.74) is 14.9. The topological polar surface area (TPSA) is 95.0 Å². The summed E-state index contributed by atoms with van der Waals surface area (Å²) in [4.78, 5) is 2.63. The molecule has 3 N–H and O–H groups in total. The molecule has 1 rings (SSSR count). The van der Waals surface area contributed by atoms with Crippen LogP contribution in [-0.2, 0) is 0 Å². The normalized spacial score (nSPS) is 10.1. The van der Waals surface area contributed by atoms with E-state index in [4.69, 9.17) is 11.3 Å². The minimum absolute atomic E-state index is 0.184.